The van der Waals surface area contributed by atoms with Crippen molar-refractivity contribution in [3.8, 4) is 5.75 Å². The summed E-state index contributed by atoms with van der Waals surface area (Å²) in [6.45, 7) is 0. The van der Waals surface area contributed by atoms with Gasteiger partial charge in [-0.25, -0.2) is 0 Å². The van der Waals surface area contributed by atoms with Gasteiger partial charge in [0.1, 0.15) is 5.75 Å². The van der Waals surface area contributed by atoms with Crippen LogP contribution < -0.4 is 4.74 Å². The molecule has 2 aliphatic rings. The van der Waals surface area contributed by atoms with Gasteiger partial charge in [-0.1, -0.05) is 24.3 Å². The Balaban J connectivity index is 1.98. The van der Waals surface area contributed by atoms with Crippen LogP contribution in [-0.2, 0) is 0 Å². The van der Waals surface area contributed by atoms with Gasteiger partial charge in [0.2, 0.25) is 0 Å². The summed E-state index contributed by atoms with van der Waals surface area (Å²) < 4.78 is 5.46. The molecule has 0 aliphatic carbocycles. The Bertz CT molecular complexity index is 452. The molecule has 2 nitrogen and oxygen atoms in total. The molecular formula is C15H19NO. The quantitative estimate of drug-likeness (QED) is 0.773. The highest BCUT2D eigenvalue weighted by atomic mass is 16.5. The van der Waals surface area contributed by atoms with Gasteiger partial charge in [-0.3, -0.25) is 4.90 Å². The van der Waals surface area contributed by atoms with E-state index in [0.717, 1.165) is 18.2 Å². The SMILES string of the molecule is COc1ccccc1C1=CC2CCC(C1)N2C. The van der Waals surface area contributed by atoms with E-state index in [9.17, 15) is 0 Å². The van der Waals surface area contributed by atoms with Crippen LogP contribution in [-0.4, -0.2) is 31.1 Å². The Kier molecular flexibility index (Phi) is 2.67. The third-order valence-electron chi connectivity index (χ3n) is 4.20. The lowest BCUT2D eigenvalue weighted by molar-refractivity contribution is 0.264. The summed E-state index contributed by atoms with van der Waals surface area (Å²) >= 11 is 0. The van der Waals surface area contributed by atoms with Crippen molar-refractivity contribution in [1.29, 1.82) is 0 Å². The topological polar surface area (TPSA) is 12.5 Å². The number of rotatable bonds is 2. The molecule has 1 aromatic rings. The van der Waals surface area contributed by atoms with Crippen LogP contribution in [0.5, 0.6) is 5.75 Å². The zero-order chi connectivity index (χ0) is 11.8. The predicted octanol–water partition coefficient (Wildman–Crippen LogP) is 2.95. The highest BCUT2D eigenvalue weighted by Crippen LogP contribution is 2.39. The van der Waals surface area contributed by atoms with Gasteiger partial charge in [-0.15, -0.1) is 0 Å². The van der Waals surface area contributed by atoms with Gasteiger partial charge < -0.3 is 4.74 Å². The van der Waals surface area contributed by atoms with Crippen LogP contribution in [0.2, 0.25) is 0 Å². The van der Waals surface area contributed by atoms with Crippen molar-refractivity contribution in [3.63, 3.8) is 0 Å². The van der Waals surface area contributed by atoms with E-state index in [-0.39, 0.29) is 0 Å². The summed E-state index contributed by atoms with van der Waals surface area (Å²) in [5, 5.41) is 0. The van der Waals surface area contributed by atoms with E-state index in [2.05, 4.69) is 36.2 Å². The summed E-state index contributed by atoms with van der Waals surface area (Å²) in [6, 6.07) is 9.72. The monoisotopic (exact) mass is 229 g/mol. The van der Waals surface area contributed by atoms with E-state index in [0.29, 0.717) is 6.04 Å². The van der Waals surface area contributed by atoms with Crippen LogP contribution in [0.25, 0.3) is 5.57 Å². The number of methoxy groups -OCH3 is 1. The van der Waals surface area contributed by atoms with E-state index >= 15 is 0 Å². The van der Waals surface area contributed by atoms with Crippen molar-refractivity contribution < 1.29 is 4.74 Å². The number of benzene rings is 1. The second-order valence-electron chi connectivity index (χ2n) is 5.06. The molecule has 2 bridgehead atoms. The number of hydrogen-bond donors (Lipinski definition) is 0. The Morgan fingerprint density at radius 1 is 1.24 bits per heavy atom. The summed E-state index contributed by atoms with van der Waals surface area (Å²) in [5.74, 6) is 1.00. The van der Waals surface area contributed by atoms with Gasteiger partial charge in [-0.05, 0) is 37.9 Å². The van der Waals surface area contributed by atoms with Gasteiger partial charge in [0.15, 0.2) is 0 Å². The van der Waals surface area contributed by atoms with Crippen molar-refractivity contribution in [2.45, 2.75) is 31.3 Å². The molecular weight excluding hydrogens is 210 g/mol. The largest absolute Gasteiger partial charge is 0.496 e. The van der Waals surface area contributed by atoms with Gasteiger partial charge in [0.05, 0.1) is 7.11 Å². The number of fused-ring (bicyclic) bond motifs is 2. The Morgan fingerprint density at radius 3 is 2.82 bits per heavy atom. The summed E-state index contributed by atoms with van der Waals surface area (Å²) in [6.07, 6.45) is 6.23. The fourth-order valence-corrected chi connectivity index (χ4v) is 3.15. The molecule has 1 aromatic carbocycles. The standard InChI is InChI=1S/C15H19NO/c1-16-12-7-8-13(16)10-11(9-12)14-5-3-4-6-15(14)17-2/h3-6,9,12-13H,7-8,10H2,1-2H3. The maximum absolute atomic E-state index is 5.46. The summed E-state index contributed by atoms with van der Waals surface area (Å²) in [7, 11) is 4.00. The molecule has 17 heavy (non-hydrogen) atoms. The van der Waals surface area contributed by atoms with Crippen molar-refractivity contribution in [2.75, 3.05) is 14.2 Å². The van der Waals surface area contributed by atoms with E-state index in [1.165, 1.54) is 24.0 Å². The first-order chi connectivity index (χ1) is 8.29. The van der Waals surface area contributed by atoms with Crippen molar-refractivity contribution in [1.82, 2.24) is 4.90 Å². The zero-order valence-corrected chi connectivity index (χ0v) is 10.5. The van der Waals surface area contributed by atoms with Crippen LogP contribution in [0, 0.1) is 0 Å². The molecule has 1 fully saturated rings. The number of ether oxygens (including phenoxy) is 1. The molecule has 1 saturated heterocycles. The highest BCUT2D eigenvalue weighted by molar-refractivity contribution is 5.72. The molecule has 0 saturated carbocycles. The number of hydrogen-bond acceptors (Lipinski definition) is 2. The molecule has 2 heteroatoms. The molecule has 0 spiro atoms. The summed E-state index contributed by atoms with van der Waals surface area (Å²) in [5.41, 5.74) is 2.74. The van der Waals surface area contributed by atoms with Crippen LogP contribution in [0.3, 0.4) is 0 Å². The first-order valence-corrected chi connectivity index (χ1v) is 6.35. The van der Waals surface area contributed by atoms with Crippen LogP contribution >= 0.6 is 0 Å². The summed E-state index contributed by atoms with van der Waals surface area (Å²) in [4.78, 5) is 2.51. The second-order valence-corrected chi connectivity index (χ2v) is 5.06. The van der Waals surface area contributed by atoms with E-state index in [4.69, 9.17) is 4.74 Å². The molecule has 0 aromatic heterocycles. The third kappa shape index (κ3) is 1.77. The average molecular weight is 229 g/mol. The van der Waals surface area contributed by atoms with Crippen LogP contribution in [0.4, 0.5) is 0 Å². The second kappa shape index (κ2) is 4.19. The lowest BCUT2D eigenvalue weighted by atomic mass is 9.94. The fourth-order valence-electron chi connectivity index (χ4n) is 3.15. The molecule has 0 amide bonds. The lowest BCUT2D eigenvalue weighted by Gasteiger charge is -2.30. The first-order valence-electron chi connectivity index (χ1n) is 6.35. The zero-order valence-electron chi connectivity index (χ0n) is 10.5. The van der Waals surface area contributed by atoms with Crippen molar-refractivity contribution >= 4 is 5.57 Å². The predicted molar refractivity (Wildman–Crippen MR) is 70.2 cm³/mol. The smallest absolute Gasteiger partial charge is 0.126 e. The minimum atomic E-state index is 0.633. The van der Waals surface area contributed by atoms with Gasteiger partial charge in [-0.2, -0.15) is 0 Å². The van der Waals surface area contributed by atoms with Gasteiger partial charge >= 0.3 is 0 Å². The highest BCUT2D eigenvalue weighted by Gasteiger charge is 2.34. The number of para-hydroxylation sites is 1. The molecule has 3 rings (SSSR count). The Morgan fingerprint density at radius 2 is 2.06 bits per heavy atom. The Hall–Kier alpha value is -1.28. The van der Waals surface area contributed by atoms with Crippen LogP contribution in [0.15, 0.2) is 30.3 Å². The van der Waals surface area contributed by atoms with E-state index in [1.54, 1.807) is 7.11 Å². The van der Waals surface area contributed by atoms with Gasteiger partial charge in [0, 0.05) is 17.6 Å². The lowest BCUT2D eigenvalue weighted by Crippen LogP contribution is -2.34. The minimum absolute atomic E-state index is 0.633. The average Bonchev–Trinajstić information content (AvgIpc) is 2.61. The fraction of sp³-hybridized carbons (Fsp3) is 0.467. The third-order valence-corrected chi connectivity index (χ3v) is 4.20. The molecule has 90 valence electrons. The molecule has 2 aliphatic heterocycles. The maximum Gasteiger partial charge on any atom is 0.126 e. The molecule has 2 atom stereocenters. The Labute approximate surface area is 103 Å². The number of nitrogens with zero attached hydrogens (tertiary/aromatic N) is 1. The molecule has 0 N–H and O–H groups in total. The normalized spacial score (nSPS) is 28.0. The van der Waals surface area contributed by atoms with E-state index < -0.39 is 0 Å². The molecule has 0 radical (unpaired) electrons. The van der Waals surface area contributed by atoms with Crippen LogP contribution in [0.1, 0.15) is 24.8 Å². The first kappa shape index (κ1) is 10.8. The molecule has 2 unspecified atom stereocenters. The van der Waals surface area contributed by atoms with Gasteiger partial charge in [0.25, 0.3) is 0 Å². The van der Waals surface area contributed by atoms with Crippen molar-refractivity contribution in [3.05, 3.63) is 35.9 Å². The maximum atomic E-state index is 5.46. The number of likely N-dealkylation sites (N-methyl/N-ethyl adjacent to an activating group) is 1. The minimum Gasteiger partial charge on any atom is -0.496 e. The van der Waals surface area contributed by atoms with Crippen molar-refractivity contribution in [2.24, 2.45) is 0 Å². The van der Waals surface area contributed by atoms with E-state index in [1.807, 2.05) is 6.07 Å². The molecule has 2 heterocycles.